The molecule has 0 bridgehead atoms. The number of aromatic nitrogens is 2. The van der Waals surface area contributed by atoms with Gasteiger partial charge in [0, 0.05) is 17.4 Å². The average molecular weight is 256 g/mol. The zero-order valence-electron chi connectivity index (χ0n) is 11.5. The van der Waals surface area contributed by atoms with E-state index in [4.69, 9.17) is 5.73 Å². The van der Waals surface area contributed by atoms with Crippen molar-refractivity contribution in [1.82, 2.24) is 9.97 Å². The van der Waals surface area contributed by atoms with E-state index in [1.807, 2.05) is 25.1 Å². The summed E-state index contributed by atoms with van der Waals surface area (Å²) in [5.41, 5.74) is 8.87. The number of anilines is 2. The molecule has 2 rings (SSSR count). The van der Waals surface area contributed by atoms with Gasteiger partial charge in [-0.15, -0.1) is 0 Å². The highest BCUT2D eigenvalue weighted by Crippen LogP contribution is 2.16. The van der Waals surface area contributed by atoms with Crippen LogP contribution in [0.15, 0.2) is 30.3 Å². The molecule has 0 atom stereocenters. The van der Waals surface area contributed by atoms with Crippen LogP contribution < -0.4 is 11.1 Å². The molecule has 0 fully saturated rings. The molecule has 1 heterocycles. The molecular weight excluding hydrogens is 236 g/mol. The van der Waals surface area contributed by atoms with Gasteiger partial charge in [-0.3, -0.25) is 0 Å². The van der Waals surface area contributed by atoms with E-state index in [0.29, 0.717) is 6.54 Å². The van der Waals surface area contributed by atoms with Gasteiger partial charge in [-0.25, -0.2) is 9.97 Å². The van der Waals surface area contributed by atoms with E-state index in [0.717, 1.165) is 35.9 Å². The number of aryl methyl sites for hydroxylation is 2. The normalized spacial score (nSPS) is 10.5. The van der Waals surface area contributed by atoms with Crippen molar-refractivity contribution in [3.05, 3.63) is 47.4 Å². The summed E-state index contributed by atoms with van der Waals surface area (Å²) in [5, 5.41) is 3.31. The highest BCUT2D eigenvalue weighted by atomic mass is 15.0. The van der Waals surface area contributed by atoms with E-state index in [2.05, 4.69) is 34.3 Å². The fraction of sp³-hybridized carbons (Fsp3) is 0.333. The first-order chi connectivity index (χ1) is 9.21. The van der Waals surface area contributed by atoms with Crippen molar-refractivity contribution in [1.29, 1.82) is 0 Å². The first kappa shape index (κ1) is 13.5. The second-order valence-electron chi connectivity index (χ2n) is 4.51. The van der Waals surface area contributed by atoms with Crippen LogP contribution in [0.5, 0.6) is 0 Å². The van der Waals surface area contributed by atoms with Gasteiger partial charge in [0.1, 0.15) is 11.6 Å². The van der Waals surface area contributed by atoms with Crippen LogP contribution in [-0.2, 0) is 12.8 Å². The molecule has 0 amide bonds. The molecule has 100 valence electrons. The fourth-order valence-corrected chi connectivity index (χ4v) is 1.94. The van der Waals surface area contributed by atoms with Gasteiger partial charge in [-0.2, -0.15) is 0 Å². The Morgan fingerprint density at radius 1 is 1.16 bits per heavy atom. The molecule has 0 spiro atoms. The lowest BCUT2D eigenvalue weighted by Gasteiger charge is -2.08. The van der Waals surface area contributed by atoms with Crippen LogP contribution in [0.4, 0.5) is 11.5 Å². The Morgan fingerprint density at radius 3 is 2.53 bits per heavy atom. The molecule has 0 aliphatic heterocycles. The predicted octanol–water partition coefficient (Wildman–Crippen LogP) is 2.59. The van der Waals surface area contributed by atoms with Crippen molar-refractivity contribution in [3.63, 3.8) is 0 Å². The zero-order valence-corrected chi connectivity index (χ0v) is 11.5. The summed E-state index contributed by atoms with van der Waals surface area (Å²) < 4.78 is 0. The van der Waals surface area contributed by atoms with Crippen LogP contribution in [0.3, 0.4) is 0 Å². The van der Waals surface area contributed by atoms with Crippen molar-refractivity contribution in [2.75, 3.05) is 11.9 Å². The Hall–Kier alpha value is -1.94. The van der Waals surface area contributed by atoms with Crippen LogP contribution in [0.2, 0.25) is 0 Å². The summed E-state index contributed by atoms with van der Waals surface area (Å²) in [6.45, 7) is 4.68. The number of nitrogens with two attached hydrogens (primary N) is 1. The van der Waals surface area contributed by atoms with Gasteiger partial charge in [0.2, 0.25) is 0 Å². The summed E-state index contributed by atoms with van der Waals surface area (Å²) >= 11 is 0. The molecule has 19 heavy (non-hydrogen) atoms. The third-order valence-electron chi connectivity index (χ3n) is 2.91. The van der Waals surface area contributed by atoms with Crippen LogP contribution in [-0.4, -0.2) is 16.5 Å². The number of hydrogen-bond donors (Lipinski definition) is 2. The van der Waals surface area contributed by atoms with Gasteiger partial charge in [0.05, 0.1) is 0 Å². The molecule has 0 unspecified atom stereocenters. The van der Waals surface area contributed by atoms with Crippen molar-refractivity contribution >= 4 is 11.5 Å². The maximum Gasteiger partial charge on any atom is 0.134 e. The number of rotatable bonds is 5. The first-order valence-corrected chi connectivity index (χ1v) is 6.62. The monoisotopic (exact) mass is 256 g/mol. The standard InChI is InChI=1S/C15H20N4/c1-3-13-10-15(18-11(2)17-13)19-14-6-4-12(5-7-14)8-9-16/h4-7,10H,3,8-9,16H2,1-2H3,(H,17,18,19). The zero-order chi connectivity index (χ0) is 13.7. The van der Waals surface area contributed by atoms with E-state index in [9.17, 15) is 0 Å². The van der Waals surface area contributed by atoms with Crippen LogP contribution in [0.25, 0.3) is 0 Å². The van der Waals surface area contributed by atoms with Gasteiger partial charge in [0.25, 0.3) is 0 Å². The van der Waals surface area contributed by atoms with E-state index in [1.54, 1.807) is 0 Å². The van der Waals surface area contributed by atoms with Crippen molar-refractivity contribution in [2.45, 2.75) is 26.7 Å². The minimum absolute atomic E-state index is 0.678. The lowest BCUT2D eigenvalue weighted by atomic mass is 10.1. The molecule has 0 aliphatic carbocycles. The maximum atomic E-state index is 5.54. The summed E-state index contributed by atoms with van der Waals surface area (Å²) in [6.07, 6.45) is 1.82. The Bertz CT molecular complexity index is 534. The molecule has 1 aromatic carbocycles. The number of nitrogens with zero attached hydrogens (tertiary/aromatic N) is 2. The Morgan fingerprint density at radius 2 is 1.89 bits per heavy atom. The number of benzene rings is 1. The third-order valence-corrected chi connectivity index (χ3v) is 2.91. The highest BCUT2D eigenvalue weighted by molar-refractivity contribution is 5.56. The van der Waals surface area contributed by atoms with Crippen molar-refractivity contribution in [3.8, 4) is 0 Å². The second-order valence-corrected chi connectivity index (χ2v) is 4.51. The minimum Gasteiger partial charge on any atom is -0.340 e. The van der Waals surface area contributed by atoms with E-state index in [1.165, 1.54) is 5.56 Å². The molecule has 4 heteroatoms. The van der Waals surface area contributed by atoms with E-state index < -0.39 is 0 Å². The molecule has 4 nitrogen and oxygen atoms in total. The van der Waals surface area contributed by atoms with Crippen LogP contribution in [0.1, 0.15) is 24.0 Å². The lowest BCUT2D eigenvalue weighted by molar-refractivity contribution is 0.952. The van der Waals surface area contributed by atoms with Gasteiger partial charge >= 0.3 is 0 Å². The summed E-state index contributed by atoms with van der Waals surface area (Å²) in [5.74, 6) is 1.64. The van der Waals surface area contributed by atoms with Gasteiger partial charge in [-0.1, -0.05) is 19.1 Å². The molecular formula is C15H20N4. The average Bonchev–Trinajstić information content (AvgIpc) is 2.40. The molecule has 2 aromatic rings. The quantitative estimate of drug-likeness (QED) is 0.863. The molecule has 0 radical (unpaired) electrons. The number of nitrogens with one attached hydrogen (secondary N) is 1. The highest BCUT2D eigenvalue weighted by Gasteiger charge is 2.01. The molecule has 0 saturated heterocycles. The largest absolute Gasteiger partial charge is 0.340 e. The van der Waals surface area contributed by atoms with Crippen molar-refractivity contribution < 1.29 is 0 Å². The summed E-state index contributed by atoms with van der Waals surface area (Å²) in [6, 6.07) is 10.3. The van der Waals surface area contributed by atoms with Gasteiger partial charge in [0.15, 0.2) is 0 Å². The van der Waals surface area contributed by atoms with Gasteiger partial charge < -0.3 is 11.1 Å². The Labute approximate surface area is 114 Å². The second kappa shape index (κ2) is 6.29. The number of hydrogen-bond acceptors (Lipinski definition) is 4. The first-order valence-electron chi connectivity index (χ1n) is 6.62. The van der Waals surface area contributed by atoms with Crippen molar-refractivity contribution in [2.24, 2.45) is 5.73 Å². The molecule has 3 N–H and O–H groups in total. The Kier molecular flexibility index (Phi) is 4.47. The topological polar surface area (TPSA) is 63.8 Å². The maximum absolute atomic E-state index is 5.54. The summed E-state index contributed by atoms with van der Waals surface area (Å²) in [4.78, 5) is 8.76. The predicted molar refractivity (Wildman–Crippen MR) is 78.6 cm³/mol. The molecule has 0 aliphatic rings. The SMILES string of the molecule is CCc1cc(Nc2ccc(CCN)cc2)nc(C)n1. The van der Waals surface area contributed by atoms with Gasteiger partial charge in [-0.05, 0) is 44.0 Å². The fourth-order valence-electron chi connectivity index (χ4n) is 1.94. The summed E-state index contributed by atoms with van der Waals surface area (Å²) in [7, 11) is 0. The smallest absolute Gasteiger partial charge is 0.134 e. The van der Waals surface area contributed by atoms with Crippen LogP contribution in [0, 0.1) is 6.92 Å². The minimum atomic E-state index is 0.678. The van der Waals surface area contributed by atoms with E-state index in [-0.39, 0.29) is 0 Å². The van der Waals surface area contributed by atoms with E-state index >= 15 is 0 Å². The molecule has 1 aromatic heterocycles. The molecule has 0 saturated carbocycles. The lowest BCUT2D eigenvalue weighted by Crippen LogP contribution is -2.03. The van der Waals surface area contributed by atoms with Crippen LogP contribution >= 0.6 is 0 Å². The Balaban J connectivity index is 2.14. The third kappa shape index (κ3) is 3.76.